The zero-order valence-corrected chi connectivity index (χ0v) is 14.5. The first-order valence-corrected chi connectivity index (χ1v) is 7.97. The molecular weight excluding hydrogens is 309 g/mol. The van der Waals surface area contributed by atoms with Crippen LogP contribution in [0.1, 0.15) is 46.0 Å². The van der Waals surface area contributed by atoms with Gasteiger partial charge in [-0.15, -0.1) is 0 Å². The van der Waals surface area contributed by atoms with Crippen molar-refractivity contribution in [3.63, 3.8) is 0 Å². The Morgan fingerprint density at radius 2 is 1.91 bits per heavy atom. The van der Waals surface area contributed by atoms with E-state index in [1.54, 1.807) is 7.05 Å². The molecule has 0 bridgehead atoms. The van der Waals surface area contributed by atoms with Gasteiger partial charge < -0.3 is 15.5 Å². The second kappa shape index (κ2) is 11.1. The molecule has 0 aliphatic rings. The fourth-order valence-electron chi connectivity index (χ4n) is 2.03. The predicted molar refractivity (Wildman–Crippen MR) is 86.4 cm³/mol. The Bertz CT molecular complexity index is 372. The van der Waals surface area contributed by atoms with Crippen molar-refractivity contribution in [2.75, 3.05) is 27.2 Å². The van der Waals surface area contributed by atoms with E-state index < -0.39 is 18.6 Å². The number of rotatable bonds is 9. The molecule has 0 saturated carbocycles. The first-order valence-electron chi connectivity index (χ1n) is 7.97. The molecule has 0 aliphatic carbocycles. The summed E-state index contributed by atoms with van der Waals surface area (Å²) in [5, 5.41) is 5.88. The van der Waals surface area contributed by atoms with Crippen molar-refractivity contribution in [1.82, 2.24) is 15.5 Å². The van der Waals surface area contributed by atoms with E-state index in [2.05, 4.69) is 22.5 Å². The fourth-order valence-corrected chi connectivity index (χ4v) is 2.03. The van der Waals surface area contributed by atoms with Crippen LogP contribution in [0.4, 0.5) is 13.2 Å². The highest BCUT2D eigenvalue weighted by Crippen LogP contribution is 2.15. The zero-order valence-electron chi connectivity index (χ0n) is 14.5. The fraction of sp³-hybridized carbons (Fsp3) is 0.867. The number of nitrogens with zero attached hydrogens (tertiary/aromatic N) is 2. The Morgan fingerprint density at radius 1 is 1.26 bits per heavy atom. The Balaban J connectivity index is 4.12. The van der Waals surface area contributed by atoms with E-state index in [0.29, 0.717) is 10.9 Å². The van der Waals surface area contributed by atoms with Crippen LogP contribution in [-0.4, -0.2) is 56.2 Å². The molecule has 0 aromatic rings. The Morgan fingerprint density at radius 3 is 2.43 bits per heavy atom. The van der Waals surface area contributed by atoms with E-state index in [1.165, 1.54) is 19.3 Å². The standard InChI is InChI=1S/C15H29F3N4O/c1-5-6-7-8-9-12(2)21-14(19-3)20-10-13(23)22(4)11-15(16,17)18/h12H,5-11H2,1-4H3,(H2,19,20,21). The maximum Gasteiger partial charge on any atom is 0.406 e. The van der Waals surface area contributed by atoms with Gasteiger partial charge in [-0.3, -0.25) is 9.79 Å². The number of amides is 1. The molecule has 0 aromatic carbocycles. The number of aliphatic imine (C=N–C) groups is 1. The molecule has 1 unspecified atom stereocenters. The summed E-state index contributed by atoms with van der Waals surface area (Å²) in [5.74, 6) is -0.220. The normalized spacial score (nSPS) is 13.6. The lowest BCUT2D eigenvalue weighted by molar-refractivity contribution is -0.157. The minimum atomic E-state index is -4.39. The minimum absolute atomic E-state index is 0.182. The third-order valence-electron chi connectivity index (χ3n) is 3.35. The number of hydrogen-bond donors (Lipinski definition) is 2. The van der Waals surface area contributed by atoms with Crippen LogP contribution in [0.15, 0.2) is 4.99 Å². The van der Waals surface area contributed by atoms with Crippen molar-refractivity contribution < 1.29 is 18.0 Å². The van der Waals surface area contributed by atoms with Crippen LogP contribution in [0.25, 0.3) is 0 Å². The average Bonchev–Trinajstić information content (AvgIpc) is 2.45. The van der Waals surface area contributed by atoms with Gasteiger partial charge in [0, 0.05) is 20.1 Å². The number of guanidine groups is 1. The maximum absolute atomic E-state index is 12.2. The van der Waals surface area contributed by atoms with E-state index in [1.807, 2.05) is 6.92 Å². The molecule has 0 heterocycles. The molecule has 8 heteroatoms. The van der Waals surface area contributed by atoms with Gasteiger partial charge in [0.25, 0.3) is 0 Å². The number of halogens is 3. The topological polar surface area (TPSA) is 56.7 Å². The van der Waals surface area contributed by atoms with Gasteiger partial charge in [-0.05, 0) is 13.3 Å². The summed E-state index contributed by atoms with van der Waals surface area (Å²) in [4.78, 5) is 16.3. The van der Waals surface area contributed by atoms with Gasteiger partial charge in [0.2, 0.25) is 5.91 Å². The van der Waals surface area contributed by atoms with E-state index in [-0.39, 0.29) is 12.6 Å². The summed E-state index contributed by atoms with van der Waals surface area (Å²) in [6, 6.07) is 0.182. The van der Waals surface area contributed by atoms with Crippen LogP contribution in [-0.2, 0) is 4.79 Å². The van der Waals surface area contributed by atoms with Crippen molar-refractivity contribution >= 4 is 11.9 Å². The van der Waals surface area contributed by atoms with Gasteiger partial charge in [0.15, 0.2) is 5.96 Å². The first kappa shape index (κ1) is 21.5. The van der Waals surface area contributed by atoms with Crippen LogP contribution < -0.4 is 10.6 Å². The van der Waals surface area contributed by atoms with Crippen molar-refractivity contribution in [3.8, 4) is 0 Å². The summed E-state index contributed by atoms with van der Waals surface area (Å²) >= 11 is 0. The van der Waals surface area contributed by atoms with Crippen LogP contribution in [0.2, 0.25) is 0 Å². The summed E-state index contributed by atoms with van der Waals surface area (Å²) < 4.78 is 36.7. The highest BCUT2D eigenvalue weighted by molar-refractivity contribution is 5.86. The van der Waals surface area contributed by atoms with Crippen molar-refractivity contribution in [2.24, 2.45) is 4.99 Å². The number of likely N-dealkylation sites (N-methyl/N-ethyl adjacent to an activating group) is 1. The number of hydrogen-bond acceptors (Lipinski definition) is 2. The Kier molecular flexibility index (Phi) is 10.4. The molecule has 0 fully saturated rings. The van der Waals surface area contributed by atoms with Gasteiger partial charge in [0.05, 0.1) is 6.54 Å². The predicted octanol–water partition coefficient (Wildman–Crippen LogP) is 2.53. The molecule has 1 amide bonds. The lowest BCUT2D eigenvalue weighted by atomic mass is 10.1. The third-order valence-corrected chi connectivity index (χ3v) is 3.35. The quantitative estimate of drug-likeness (QED) is 0.386. The third kappa shape index (κ3) is 11.7. The summed E-state index contributed by atoms with van der Waals surface area (Å²) in [6.45, 7) is 2.68. The van der Waals surface area contributed by atoms with Gasteiger partial charge in [-0.25, -0.2) is 0 Å². The summed E-state index contributed by atoms with van der Waals surface area (Å²) in [5.41, 5.74) is 0. The smallest absolute Gasteiger partial charge is 0.354 e. The molecule has 5 nitrogen and oxygen atoms in total. The van der Waals surface area contributed by atoms with Crippen LogP contribution in [0.3, 0.4) is 0 Å². The number of carbonyl (C=O) groups is 1. The average molecular weight is 338 g/mol. The molecule has 2 N–H and O–H groups in total. The highest BCUT2D eigenvalue weighted by Gasteiger charge is 2.31. The second-order valence-corrected chi connectivity index (χ2v) is 5.69. The molecular formula is C15H29F3N4O. The van der Waals surface area contributed by atoms with Crippen molar-refractivity contribution in [2.45, 2.75) is 58.2 Å². The second-order valence-electron chi connectivity index (χ2n) is 5.69. The number of carbonyl (C=O) groups excluding carboxylic acids is 1. The van der Waals surface area contributed by atoms with Gasteiger partial charge in [-0.2, -0.15) is 13.2 Å². The largest absolute Gasteiger partial charge is 0.406 e. The summed E-state index contributed by atoms with van der Waals surface area (Å²) in [7, 11) is 2.69. The summed E-state index contributed by atoms with van der Waals surface area (Å²) in [6.07, 6.45) is 1.25. The highest BCUT2D eigenvalue weighted by atomic mass is 19.4. The van der Waals surface area contributed by atoms with Crippen molar-refractivity contribution in [3.05, 3.63) is 0 Å². The number of nitrogens with one attached hydrogen (secondary N) is 2. The van der Waals surface area contributed by atoms with E-state index in [0.717, 1.165) is 19.9 Å². The monoisotopic (exact) mass is 338 g/mol. The molecule has 1 atom stereocenters. The molecule has 0 rings (SSSR count). The zero-order chi connectivity index (χ0) is 17.9. The minimum Gasteiger partial charge on any atom is -0.354 e. The maximum atomic E-state index is 12.2. The van der Waals surface area contributed by atoms with Crippen LogP contribution in [0.5, 0.6) is 0 Å². The Hall–Kier alpha value is -1.47. The lowest BCUT2D eigenvalue weighted by Crippen LogP contribution is -2.47. The Labute approximate surface area is 136 Å². The lowest BCUT2D eigenvalue weighted by Gasteiger charge is -2.21. The van der Waals surface area contributed by atoms with Gasteiger partial charge in [0.1, 0.15) is 6.54 Å². The first-order chi connectivity index (χ1) is 10.7. The van der Waals surface area contributed by atoms with Gasteiger partial charge in [-0.1, -0.05) is 32.6 Å². The molecule has 0 aliphatic heterocycles. The molecule has 0 aromatic heterocycles. The van der Waals surface area contributed by atoms with Crippen LogP contribution >= 0.6 is 0 Å². The number of unbranched alkanes of at least 4 members (excludes halogenated alkanes) is 3. The van der Waals surface area contributed by atoms with Gasteiger partial charge >= 0.3 is 6.18 Å². The van der Waals surface area contributed by atoms with Crippen molar-refractivity contribution in [1.29, 1.82) is 0 Å². The number of alkyl halides is 3. The van der Waals surface area contributed by atoms with Crippen LogP contribution in [0, 0.1) is 0 Å². The molecule has 0 saturated heterocycles. The molecule has 23 heavy (non-hydrogen) atoms. The van der Waals surface area contributed by atoms with E-state index in [9.17, 15) is 18.0 Å². The molecule has 0 spiro atoms. The molecule has 136 valence electrons. The SMILES string of the molecule is CCCCCCC(C)NC(=NC)NCC(=O)N(C)CC(F)(F)F. The molecule has 0 radical (unpaired) electrons. The van der Waals surface area contributed by atoms with E-state index >= 15 is 0 Å². The van der Waals surface area contributed by atoms with E-state index in [4.69, 9.17) is 0 Å².